The highest BCUT2D eigenvalue weighted by Gasteiger charge is 2.32. The first-order valence-electron chi connectivity index (χ1n) is 9.85. The molecule has 8 heteroatoms. The highest BCUT2D eigenvalue weighted by atomic mass is 32.2. The van der Waals surface area contributed by atoms with E-state index in [-0.39, 0.29) is 30.5 Å². The Morgan fingerprint density at radius 2 is 1.57 bits per heavy atom. The molecule has 1 saturated heterocycles. The quantitative estimate of drug-likeness (QED) is 0.701. The minimum atomic E-state index is -3.71. The molecule has 0 N–H and O–H groups in total. The lowest BCUT2D eigenvalue weighted by atomic mass is 10.1. The van der Waals surface area contributed by atoms with Crippen molar-refractivity contribution in [1.29, 1.82) is 0 Å². The van der Waals surface area contributed by atoms with Gasteiger partial charge in [0.2, 0.25) is 10.0 Å². The Labute approximate surface area is 178 Å². The molecule has 2 aromatic carbocycles. The molecule has 1 heterocycles. The standard InChI is InChI=1S/C22H28N2O5S/c1-16-5-7-19(8-6-16)29-15-22(25)23-9-11-24(12-10-23)30(26,27)21-14-18(3)17(2)13-20(21)28-4/h5-8,13-14H,9-12,15H2,1-4H3. The molecule has 1 amide bonds. The average Bonchev–Trinajstić information content (AvgIpc) is 2.74. The van der Waals surface area contributed by atoms with E-state index in [1.807, 2.05) is 45.0 Å². The number of carbonyl (C=O) groups is 1. The molecule has 1 aliphatic heterocycles. The van der Waals surface area contributed by atoms with Gasteiger partial charge in [0.25, 0.3) is 5.91 Å². The molecule has 162 valence electrons. The van der Waals surface area contributed by atoms with Gasteiger partial charge < -0.3 is 14.4 Å². The largest absolute Gasteiger partial charge is 0.495 e. The molecule has 0 aromatic heterocycles. The van der Waals surface area contributed by atoms with Crippen LogP contribution in [0.1, 0.15) is 16.7 Å². The van der Waals surface area contributed by atoms with E-state index in [4.69, 9.17) is 9.47 Å². The maximum atomic E-state index is 13.2. The van der Waals surface area contributed by atoms with Crippen LogP contribution in [-0.4, -0.2) is 63.4 Å². The van der Waals surface area contributed by atoms with Crippen LogP contribution in [-0.2, 0) is 14.8 Å². The molecule has 1 aliphatic rings. The summed E-state index contributed by atoms with van der Waals surface area (Å²) < 4.78 is 38.6. The van der Waals surface area contributed by atoms with Crippen LogP contribution >= 0.6 is 0 Å². The van der Waals surface area contributed by atoms with Crippen LogP contribution in [0.4, 0.5) is 0 Å². The average molecular weight is 433 g/mol. The summed E-state index contributed by atoms with van der Waals surface area (Å²) in [5.74, 6) is 0.816. The Morgan fingerprint density at radius 1 is 0.967 bits per heavy atom. The van der Waals surface area contributed by atoms with E-state index >= 15 is 0 Å². The van der Waals surface area contributed by atoms with Gasteiger partial charge in [-0.25, -0.2) is 8.42 Å². The second kappa shape index (κ2) is 9.06. The van der Waals surface area contributed by atoms with Crippen molar-refractivity contribution < 1.29 is 22.7 Å². The summed E-state index contributed by atoms with van der Waals surface area (Å²) in [6.45, 7) is 6.81. The van der Waals surface area contributed by atoms with Crippen LogP contribution in [0.15, 0.2) is 41.3 Å². The normalized spacial score (nSPS) is 15.1. The van der Waals surface area contributed by atoms with Crippen LogP contribution in [0.25, 0.3) is 0 Å². The molecule has 2 aromatic rings. The number of ether oxygens (including phenoxy) is 2. The molecule has 0 spiro atoms. The molecule has 0 saturated carbocycles. The second-order valence-corrected chi connectivity index (χ2v) is 9.38. The minimum Gasteiger partial charge on any atom is -0.495 e. The van der Waals surface area contributed by atoms with E-state index in [9.17, 15) is 13.2 Å². The van der Waals surface area contributed by atoms with Crippen molar-refractivity contribution >= 4 is 15.9 Å². The molecule has 3 rings (SSSR count). The van der Waals surface area contributed by atoms with Gasteiger partial charge in [-0.1, -0.05) is 17.7 Å². The molecule has 30 heavy (non-hydrogen) atoms. The van der Waals surface area contributed by atoms with Gasteiger partial charge in [-0.2, -0.15) is 4.31 Å². The van der Waals surface area contributed by atoms with Crippen molar-refractivity contribution in [2.75, 3.05) is 39.9 Å². The van der Waals surface area contributed by atoms with Crippen LogP contribution < -0.4 is 9.47 Å². The number of carbonyl (C=O) groups excluding carboxylic acids is 1. The number of hydrogen-bond donors (Lipinski definition) is 0. The highest BCUT2D eigenvalue weighted by Crippen LogP contribution is 2.30. The van der Waals surface area contributed by atoms with Gasteiger partial charge in [0.05, 0.1) is 7.11 Å². The lowest BCUT2D eigenvalue weighted by Crippen LogP contribution is -2.51. The number of benzene rings is 2. The molecule has 0 bridgehead atoms. The molecule has 1 fully saturated rings. The van der Waals surface area contributed by atoms with E-state index in [0.717, 1.165) is 16.7 Å². The summed E-state index contributed by atoms with van der Waals surface area (Å²) >= 11 is 0. The number of rotatable bonds is 6. The fourth-order valence-corrected chi connectivity index (χ4v) is 4.96. The Hall–Kier alpha value is -2.58. The fraction of sp³-hybridized carbons (Fsp3) is 0.409. The molecule has 0 radical (unpaired) electrons. The van der Waals surface area contributed by atoms with E-state index in [1.165, 1.54) is 11.4 Å². The van der Waals surface area contributed by atoms with Gasteiger partial charge in [-0.3, -0.25) is 4.79 Å². The van der Waals surface area contributed by atoms with Gasteiger partial charge in [-0.15, -0.1) is 0 Å². The number of methoxy groups -OCH3 is 1. The zero-order chi connectivity index (χ0) is 21.9. The van der Waals surface area contributed by atoms with Crippen LogP contribution in [0, 0.1) is 20.8 Å². The van der Waals surface area contributed by atoms with Crippen LogP contribution in [0.5, 0.6) is 11.5 Å². The molecule has 0 atom stereocenters. The zero-order valence-electron chi connectivity index (χ0n) is 17.8. The summed E-state index contributed by atoms with van der Waals surface area (Å²) in [5.41, 5.74) is 2.97. The SMILES string of the molecule is COc1cc(C)c(C)cc1S(=O)(=O)N1CCN(C(=O)COc2ccc(C)cc2)CC1. The number of amides is 1. The molecular weight excluding hydrogens is 404 g/mol. The van der Waals surface area contributed by atoms with Crippen molar-refractivity contribution in [1.82, 2.24) is 9.21 Å². The summed E-state index contributed by atoms with van der Waals surface area (Å²) in [6.07, 6.45) is 0. The lowest BCUT2D eigenvalue weighted by molar-refractivity contribution is -0.134. The minimum absolute atomic E-state index is 0.0687. The van der Waals surface area contributed by atoms with Crippen LogP contribution in [0.3, 0.4) is 0 Å². The molecular formula is C22H28N2O5S. The van der Waals surface area contributed by atoms with Crippen molar-refractivity contribution in [3.05, 3.63) is 53.1 Å². The zero-order valence-corrected chi connectivity index (χ0v) is 18.7. The maximum Gasteiger partial charge on any atom is 0.260 e. The first kappa shape index (κ1) is 22.1. The number of piperazine rings is 1. The third-order valence-electron chi connectivity index (χ3n) is 5.37. The predicted molar refractivity (Wildman–Crippen MR) is 114 cm³/mol. The second-order valence-electron chi connectivity index (χ2n) is 7.47. The van der Waals surface area contributed by atoms with Gasteiger partial charge >= 0.3 is 0 Å². The van der Waals surface area contributed by atoms with E-state index in [1.54, 1.807) is 17.0 Å². The first-order valence-corrected chi connectivity index (χ1v) is 11.3. The number of hydrogen-bond acceptors (Lipinski definition) is 5. The lowest BCUT2D eigenvalue weighted by Gasteiger charge is -2.34. The Morgan fingerprint density at radius 3 is 2.17 bits per heavy atom. The Balaban J connectivity index is 1.62. The van der Waals surface area contributed by atoms with Crippen molar-refractivity contribution in [2.45, 2.75) is 25.7 Å². The Kier molecular flexibility index (Phi) is 6.67. The monoisotopic (exact) mass is 432 g/mol. The topological polar surface area (TPSA) is 76.2 Å². The van der Waals surface area contributed by atoms with E-state index in [0.29, 0.717) is 24.6 Å². The third-order valence-corrected chi connectivity index (χ3v) is 7.29. The highest BCUT2D eigenvalue weighted by molar-refractivity contribution is 7.89. The fourth-order valence-electron chi connectivity index (χ4n) is 3.31. The molecule has 7 nitrogen and oxygen atoms in total. The number of aryl methyl sites for hydroxylation is 3. The summed E-state index contributed by atoms with van der Waals surface area (Å²) in [4.78, 5) is 14.3. The number of nitrogens with zero attached hydrogens (tertiary/aromatic N) is 2. The van der Waals surface area contributed by atoms with E-state index in [2.05, 4.69) is 0 Å². The first-order chi connectivity index (χ1) is 14.2. The van der Waals surface area contributed by atoms with Gasteiger partial charge in [-0.05, 0) is 56.2 Å². The van der Waals surface area contributed by atoms with Crippen molar-refractivity contribution in [3.63, 3.8) is 0 Å². The van der Waals surface area contributed by atoms with Crippen molar-refractivity contribution in [2.24, 2.45) is 0 Å². The van der Waals surface area contributed by atoms with E-state index < -0.39 is 10.0 Å². The smallest absolute Gasteiger partial charge is 0.260 e. The Bertz CT molecular complexity index is 1010. The number of sulfonamides is 1. The van der Waals surface area contributed by atoms with Crippen LogP contribution in [0.2, 0.25) is 0 Å². The third kappa shape index (κ3) is 4.76. The van der Waals surface area contributed by atoms with Gasteiger partial charge in [0.1, 0.15) is 16.4 Å². The van der Waals surface area contributed by atoms with Crippen molar-refractivity contribution in [3.8, 4) is 11.5 Å². The molecule has 0 unspecified atom stereocenters. The molecule has 0 aliphatic carbocycles. The summed E-state index contributed by atoms with van der Waals surface area (Å²) in [7, 11) is -2.25. The predicted octanol–water partition coefficient (Wildman–Crippen LogP) is 2.53. The summed E-state index contributed by atoms with van der Waals surface area (Å²) in [5, 5.41) is 0. The maximum absolute atomic E-state index is 13.2. The van der Waals surface area contributed by atoms with Gasteiger partial charge in [0, 0.05) is 26.2 Å². The van der Waals surface area contributed by atoms with Gasteiger partial charge in [0.15, 0.2) is 6.61 Å². The summed E-state index contributed by atoms with van der Waals surface area (Å²) in [6, 6.07) is 10.9.